The highest BCUT2D eigenvalue weighted by atomic mass is 32.1. The van der Waals surface area contributed by atoms with Gasteiger partial charge in [0.2, 0.25) is 0 Å². The van der Waals surface area contributed by atoms with E-state index in [4.69, 9.17) is 4.65 Å². The number of ketones is 1. The zero-order valence-electron chi connectivity index (χ0n) is 13.1. The Morgan fingerprint density at radius 3 is 2.92 bits per heavy atom. The fourth-order valence-electron chi connectivity index (χ4n) is 2.48. The number of thiophene rings is 1. The van der Waals surface area contributed by atoms with Crippen molar-refractivity contribution in [2.24, 2.45) is 0 Å². The van der Waals surface area contributed by atoms with E-state index in [1.165, 1.54) is 18.3 Å². The minimum atomic E-state index is -1.19. The van der Waals surface area contributed by atoms with Gasteiger partial charge in [0.25, 0.3) is 12.4 Å². The van der Waals surface area contributed by atoms with Gasteiger partial charge in [-0.1, -0.05) is 6.07 Å². The van der Waals surface area contributed by atoms with Gasteiger partial charge in [0.15, 0.2) is 0 Å². The standard InChI is InChI=1S/C15H18BNO6S/c1-10(19)7-11-4-5-14(16(21)23-11)17-15(20)12(8-22-9-18)13-3-2-6-24-13/h2-3,6,8-9,11,14,21H,4-5,7H2,1H3,(H,17,20)/b12-8+/t11-,14-/m0/s1. The number of rotatable bonds is 7. The van der Waals surface area contributed by atoms with Gasteiger partial charge >= 0.3 is 7.12 Å². The minimum Gasteiger partial charge on any atom is -0.436 e. The number of carbonyl (C=O) groups is 3. The van der Waals surface area contributed by atoms with Crippen molar-refractivity contribution in [2.75, 3.05) is 0 Å². The van der Waals surface area contributed by atoms with E-state index in [0.29, 0.717) is 17.7 Å². The average Bonchev–Trinajstić information content (AvgIpc) is 3.04. The van der Waals surface area contributed by atoms with Crippen molar-refractivity contribution < 1.29 is 28.8 Å². The molecule has 0 aromatic carbocycles. The third-order valence-electron chi connectivity index (χ3n) is 3.58. The maximum absolute atomic E-state index is 12.4. The smallest absolute Gasteiger partial charge is 0.436 e. The first-order valence-electron chi connectivity index (χ1n) is 7.48. The van der Waals surface area contributed by atoms with Crippen LogP contribution in [0.4, 0.5) is 0 Å². The first kappa shape index (κ1) is 18.4. The van der Waals surface area contributed by atoms with E-state index in [9.17, 15) is 19.4 Å². The van der Waals surface area contributed by atoms with Gasteiger partial charge in [-0.05, 0) is 31.2 Å². The van der Waals surface area contributed by atoms with Gasteiger partial charge in [-0.2, -0.15) is 0 Å². The largest absolute Gasteiger partial charge is 0.478 e. The molecule has 0 saturated carbocycles. The van der Waals surface area contributed by atoms with Crippen LogP contribution in [0.25, 0.3) is 5.57 Å². The van der Waals surface area contributed by atoms with Crippen LogP contribution in [0, 0.1) is 0 Å². The van der Waals surface area contributed by atoms with Crippen molar-refractivity contribution in [3.05, 3.63) is 28.7 Å². The topological polar surface area (TPSA) is 102 Å². The molecule has 0 spiro atoms. The molecule has 1 saturated heterocycles. The molecule has 9 heteroatoms. The second kappa shape index (κ2) is 8.77. The molecule has 2 N–H and O–H groups in total. The second-order valence-electron chi connectivity index (χ2n) is 5.45. The van der Waals surface area contributed by atoms with Gasteiger partial charge in [0.1, 0.15) is 12.0 Å². The third-order valence-corrected chi connectivity index (χ3v) is 4.48. The molecule has 0 unspecified atom stereocenters. The molecule has 2 rings (SSSR count). The van der Waals surface area contributed by atoms with Gasteiger partial charge in [-0.25, -0.2) is 0 Å². The van der Waals surface area contributed by atoms with E-state index in [2.05, 4.69) is 10.1 Å². The Bertz CT molecular complexity index is 617. The number of nitrogens with one attached hydrogen (secondary N) is 1. The van der Waals surface area contributed by atoms with E-state index in [1.807, 2.05) is 0 Å². The van der Waals surface area contributed by atoms with E-state index < -0.39 is 19.0 Å². The van der Waals surface area contributed by atoms with Crippen LogP contribution in [0.1, 0.15) is 31.1 Å². The normalized spacial score (nSPS) is 21.2. The summed E-state index contributed by atoms with van der Waals surface area (Å²) < 4.78 is 9.97. The van der Waals surface area contributed by atoms with Crippen LogP contribution in [-0.2, 0) is 23.8 Å². The molecule has 1 aliphatic rings. The molecule has 1 aromatic heterocycles. The maximum Gasteiger partial charge on any atom is 0.478 e. The molecule has 0 aliphatic carbocycles. The molecule has 1 fully saturated rings. The third kappa shape index (κ3) is 5.02. The SMILES string of the molecule is CC(=O)C[C@@H]1CC[C@H](NC(=O)/C(=C/OC=O)c2cccs2)B(O)O1. The van der Waals surface area contributed by atoms with Gasteiger partial charge in [0.05, 0.1) is 11.5 Å². The molecule has 2 heterocycles. The molecule has 1 aromatic rings. The van der Waals surface area contributed by atoms with Crippen LogP contribution >= 0.6 is 11.3 Å². The Labute approximate surface area is 143 Å². The zero-order chi connectivity index (χ0) is 17.5. The predicted octanol–water partition coefficient (Wildman–Crippen LogP) is 0.925. The minimum absolute atomic E-state index is 0.0105. The van der Waals surface area contributed by atoms with Crippen molar-refractivity contribution in [2.45, 2.75) is 38.2 Å². The van der Waals surface area contributed by atoms with Crippen LogP contribution in [0.2, 0.25) is 0 Å². The number of carbonyl (C=O) groups excluding carboxylic acids is 3. The first-order chi connectivity index (χ1) is 11.5. The molecular formula is C15H18BNO6S. The predicted molar refractivity (Wildman–Crippen MR) is 88.8 cm³/mol. The van der Waals surface area contributed by atoms with Gasteiger partial charge in [0, 0.05) is 17.4 Å². The molecule has 24 heavy (non-hydrogen) atoms. The highest BCUT2D eigenvalue weighted by Crippen LogP contribution is 2.23. The van der Waals surface area contributed by atoms with Crippen LogP contribution in [0.15, 0.2) is 23.8 Å². The lowest BCUT2D eigenvalue weighted by atomic mass is 9.72. The molecule has 1 aliphatic heterocycles. The van der Waals surface area contributed by atoms with Crippen molar-refractivity contribution >= 4 is 42.2 Å². The molecule has 1 amide bonds. The Morgan fingerprint density at radius 2 is 2.33 bits per heavy atom. The molecule has 0 bridgehead atoms. The van der Waals surface area contributed by atoms with Crippen LogP contribution in [0.3, 0.4) is 0 Å². The Kier molecular flexibility index (Phi) is 6.71. The monoisotopic (exact) mass is 351 g/mol. The van der Waals surface area contributed by atoms with Crippen molar-refractivity contribution in [3.8, 4) is 0 Å². The summed E-state index contributed by atoms with van der Waals surface area (Å²) in [6.45, 7) is 1.69. The summed E-state index contributed by atoms with van der Waals surface area (Å²) in [6.07, 6.45) is 2.02. The summed E-state index contributed by atoms with van der Waals surface area (Å²) in [7, 11) is -1.19. The van der Waals surface area contributed by atoms with Crippen molar-refractivity contribution in [1.29, 1.82) is 0 Å². The van der Waals surface area contributed by atoms with Gasteiger partial charge < -0.3 is 19.7 Å². The van der Waals surface area contributed by atoms with E-state index in [-0.39, 0.29) is 30.4 Å². The van der Waals surface area contributed by atoms with Crippen molar-refractivity contribution in [1.82, 2.24) is 5.32 Å². The average molecular weight is 351 g/mol. The molecule has 7 nitrogen and oxygen atoms in total. The Balaban J connectivity index is 2.00. The Hall–Kier alpha value is -1.97. The lowest BCUT2D eigenvalue weighted by molar-refractivity contribution is -0.124. The summed E-state index contributed by atoms with van der Waals surface area (Å²) in [4.78, 5) is 34.6. The highest BCUT2D eigenvalue weighted by Gasteiger charge is 2.36. The van der Waals surface area contributed by atoms with E-state index in [1.54, 1.807) is 17.5 Å². The van der Waals surface area contributed by atoms with E-state index in [0.717, 1.165) is 6.26 Å². The summed E-state index contributed by atoms with van der Waals surface area (Å²) in [6, 6.07) is 3.49. The first-order valence-corrected chi connectivity index (χ1v) is 8.36. The fourth-order valence-corrected chi connectivity index (χ4v) is 3.21. The number of Topliss-reactive ketones (excluding diaryl/α,β-unsaturated/α-hetero) is 1. The lowest BCUT2D eigenvalue weighted by Gasteiger charge is -2.31. The van der Waals surface area contributed by atoms with Crippen LogP contribution in [-0.4, -0.2) is 42.4 Å². The number of amides is 1. The maximum atomic E-state index is 12.4. The fraction of sp³-hybridized carbons (Fsp3) is 0.400. The Morgan fingerprint density at radius 1 is 1.54 bits per heavy atom. The molecule has 128 valence electrons. The van der Waals surface area contributed by atoms with Crippen molar-refractivity contribution in [3.63, 3.8) is 0 Å². The molecular weight excluding hydrogens is 333 g/mol. The zero-order valence-corrected chi connectivity index (χ0v) is 14.0. The van der Waals surface area contributed by atoms with E-state index >= 15 is 0 Å². The summed E-state index contributed by atoms with van der Waals surface area (Å²) in [5.41, 5.74) is 0.190. The van der Waals surface area contributed by atoms with Crippen LogP contribution < -0.4 is 5.32 Å². The number of ether oxygens (including phenoxy) is 1. The summed E-state index contributed by atoms with van der Waals surface area (Å²) in [5.74, 6) is -1.08. The van der Waals surface area contributed by atoms with Gasteiger partial charge in [-0.3, -0.25) is 14.4 Å². The highest BCUT2D eigenvalue weighted by molar-refractivity contribution is 7.11. The number of hydrogen-bond donors (Lipinski definition) is 2. The second-order valence-corrected chi connectivity index (χ2v) is 6.40. The quantitative estimate of drug-likeness (QED) is 0.328. The number of hydrogen-bond acceptors (Lipinski definition) is 7. The molecule has 2 atom stereocenters. The summed E-state index contributed by atoms with van der Waals surface area (Å²) in [5, 5.41) is 14.5. The summed E-state index contributed by atoms with van der Waals surface area (Å²) >= 11 is 1.32. The van der Waals surface area contributed by atoms with Gasteiger partial charge in [-0.15, -0.1) is 11.3 Å². The lowest BCUT2D eigenvalue weighted by Crippen LogP contribution is -2.53. The molecule has 0 radical (unpaired) electrons. The van der Waals surface area contributed by atoms with Crippen LogP contribution in [0.5, 0.6) is 0 Å².